The molecule has 0 unspecified atom stereocenters. The molecule has 1 aromatic rings. The zero-order chi connectivity index (χ0) is 10.7. The molecule has 0 amide bonds. The molecule has 0 saturated carbocycles. The van der Waals surface area contributed by atoms with Gasteiger partial charge in [-0.25, -0.2) is 0 Å². The van der Waals surface area contributed by atoms with Crippen molar-refractivity contribution in [3.63, 3.8) is 0 Å². The molecule has 0 bridgehead atoms. The lowest BCUT2D eigenvalue weighted by atomic mass is 10.2. The number of rotatable bonds is 3. The third kappa shape index (κ3) is 3.03. The normalized spacial score (nSPS) is 18.3. The molecule has 1 fully saturated rings. The van der Waals surface area contributed by atoms with Gasteiger partial charge in [0.25, 0.3) is 0 Å². The van der Waals surface area contributed by atoms with Gasteiger partial charge in [-0.3, -0.25) is 0 Å². The molecule has 1 saturated heterocycles. The molecule has 0 aromatic carbocycles. The van der Waals surface area contributed by atoms with Crippen LogP contribution in [0.5, 0.6) is 0 Å². The average molecular weight is 289 g/mol. The molecular weight excluding hydrogens is 272 g/mol. The summed E-state index contributed by atoms with van der Waals surface area (Å²) in [4.78, 5) is 4.03. The fourth-order valence-electron chi connectivity index (χ4n) is 1.85. The van der Waals surface area contributed by atoms with Crippen LogP contribution in [0.4, 0.5) is 0 Å². The van der Waals surface area contributed by atoms with Gasteiger partial charge in [0, 0.05) is 42.1 Å². The van der Waals surface area contributed by atoms with Crippen molar-refractivity contribution >= 4 is 27.3 Å². The van der Waals surface area contributed by atoms with Crippen LogP contribution in [0.1, 0.15) is 10.4 Å². The Balaban J connectivity index is 1.84. The Labute approximate surface area is 104 Å². The van der Waals surface area contributed by atoms with Gasteiger partial charge in [0.05, 0.1) is 0 Å². The molecule has 15 heavy (non-hydrogen) atoms. The van der Waals surface area contributed by atoms with E-state index in [-0.39, 0.29) is 0 Å². The van der Waals surface area contributed by atoms with Gasteiger partial charge < -0.3 is 10.2 Å². The van der Waals surface area contributed by atoms with Crippen molar-refractivity contribution in [2.24, 2.45) is 0 Å². The number of aryl methyl sites for hydroxylation is 1. The molecule has 0 radical (unpaired) electrons. The van der Waals surface area contributed by atoms with Crippen molar-refractivity contribution in [2.75, 3.05) is 32.7 Å². The molecule has 1 aliphatic heterocycles. The van der Waals surface area contributed by atoms with Gasteiger partial charge in [0.15, 0.2) is 0 Å². The first-order valence-corrected chi connectivity index (χ1v) is 7.10. The highest BCUT2D eigenvalue weighted by Crippen LogP contribution is 2.28. The van der Waals surface area contributed by atoms with Crippen LogP contribution < -0.4 is 5.32 Å². The van der Waals surface area contributed by atoms with Gasteiger partial charge in [-0.1, -0.05) is 0 Å². The van der Waals surface area contributed by atoms with Gasteiger partial charge in [-0.15, -0.1) is 11.3 Å². The first-order valence-electron chi connectivity index (χ1n) is 5.43. The summed E-state index contributed by atoms with van der Waals surface area (Å²) in [5, 5.41) is 5.61. The van der Waals surface area contributed by atoms with E-state index in [0.29, 0.717) is 0 Å². The average Bonchev–Trinajstić information content (AvgIpc) is 2.59. The van der Waals surface area contributed by atoms with Crippen LogP contribution >= 0.6 is 27.3 Å². The quantitative estimate of drug-likeness (QED) is 0.918. The van der Waals surface area contributed by atoms with Gasteiger partial charge in [0.2, 0.25) is 0 Å². The monoisotopic (exact) mass is 288 g/mol. The van der Waals surface area contributed by atoms with E-state index in [1.807, 2.05) is 11.3 Å². The van der Waals surface area contributed by atoms with Gasteiger partial charge in [0.1, 0.15) is 0 Å². The molecule has 1 aliphatic rings. The number of hydrogen-bond acceptors (Lipinski definition) is 3. The summed E-state index contributed by atoms with van der Waals surface area (Å²) in [5.74, 6) is 0. The molecule has 2 rings (SSSR count). The standard InChI is InChI=1S/C11H17BrN2S/c1-9-8-15-10(11(9)12)2-5-14-6-3-13-4-7-14/h8,13H,2-7H2,1H3. The summed E-state index contributed by atoms with van der Waals surface area (Å²) < 4.78 is 1.32. The smallest absolute Gasteiger partial charge is 0.0344 e. The molecule has 0 atom stereocenters. The SMILES string of the molecule is Cc1csc(CCN2CCNCC2)c1Br. The van der Waals surface area contributed by atoms with Crippen molar-refractivity contribution in [3.8, 4) is 0 Å². The number of hydrogen-bond donors (Lipinski definition) is 1. The maximum atomic E-state index is 3.65. The Morgan fingerprint density at radius 2 is 2.20 bits per heavy atom. The van der Waals surface area contributed by atoms with Crippen molar-refractivity contribution < 1.29 is 0 Å². The Kier molecular flexibility index (Phi) is 4.20. The zero-order valence-corrected chi connectivity index (χ0v) is 11.5. The van der Waals surface area contributed by atoms with E-state index in [1.54, 1.807) is 0 Å². The van der Waals surface area contributed by atoms with E-state index < -0.39 is 0 Å². The number of thiophene rings is 1. The van der Waals surface area contributed by atoms with Crippen molar-refractivity contribution in [1.82, 2.24) is 10.2 Å². The number of halogens is 1. The number of piperazine rings is 1. The maximum Gasteiger partial charge on any atom is 0.0344 e. The van der Waals surface area contributed by atoms with Crippen molar-refractivity contribution in [3.05, 3.63) is 20.3 Å². The molecule has 0 aliphatic carbocycles. The van der Waals surface area contributed by atoms with E-state index in [9.17, 15) is 0 Å². The van der Waals surface area contributed by atoms with E-state index >= 15 is 0 Å². The predicted octanol–water partition coefficient (Wildman–Crippen LogP) is 2.27. The van der Waals surface area contributed by atoms with Gasteiger partial charge in [-0.2, -0.15) is 0 Å². The predicted molar refractivity (Wildman–Crippen MR) is 69.8 cm³/mol. The third-order valence-electron chi connectivity index (χ3n) is 2.83. The molecule has 0 spiro atoms. The molecule has 1 N–H and O–H groups in total. The van der Waals surface area contributed by atoms with E-state index in [0.717, 1.165) is 13.1 Å². The van der Waals surface area contributed by atoms with Crippen LogP contribution in [0, 0.1) is 6.92 Å². The summed E-state index contributed by atoms with van der Waals surface area (Å²) >= 11 is 5.53. The number of nitrogens with zero attached hydrogens (tertiary/aromatic N) is 1. The van der Waals surface area contributed by atoms with Crippen molar-refractivity contribution in [2.45, 2.75) is 13.3 Å². The van der Waals surface area contributed by atoms with E-state index in [1.165, 1.54) is 41.0 Å². The first-order chi connectivity index (χ1) is 7.27. The van der Waals surface area contributed by atoms with Crippen LogP contribution in [0.2, 0.25) is 0 Å². The first kappa shape index (κ1) is 11.6. The summed E-state index contributed by atoms with van der Waals surface area (Å²) in [6.45, 7) is 8.04. The van der Waals surface area contributed by atoms with Crippen LogP contribution in [-0.4, -0.2) is 37.6 Å². The maximum absolute atomic E-state index is 3.65. The highest BCUT2D eigenvalue weighted by Gasteiger charge is 2.11. The lowest BCUT2D eigenvalue weighted by Crippen LogP contribution is -2.44. The fraction of sp³-hybridized carbons (Fsp3) is 0.636. The Morgan fingerprint density at radius 3 is 2.80 bits per heavy atom. The Bertz CT molecular complexity index is 318. The van der Waals surface area contributed by atoms with Crippen LogP contribution in [0.25, 0.3) is 0 Å². The third-order valence-corrected chi connectivity index (χ3v) is 5.36. The second-order valence-corrected chi connectivity index (χ2v) is 5.75. The summed E-state index contributed by atoms with van der Waals surface area (Å²) in [6, 6.07) is 0. The lowest BCUT2D eigenvalue weighted by Gasteiger charge is -2.26. The van der Waals surface area contributed by atoms with Gasteiger partial charge in [-0.05, 0) is 40.2 Å². The highest BCUT2D eigenvalue weighted by atomic mass is 79.9. The largest absolute Gasteiger partial charge is 0.314 e. The zero-order valence-electron chi connectivity index (χ0n) is 9.05. The number of nitrogens with one attached hydrogen (secondary N) is 1. The van der Waals surface area contributed by atoms with Gasteiger partial charge >= 0.3 is 0 Å². The summed E-state index contributed by atoms with van der Waals surface area (Å²) in [5.41, 5.74) is 1.37. The summed E-state index contributed by atoms with van der Waals surface area (Å²) in [6.07, 6.45) is 1.18. The van der Waals surface area contributed by atoms with E-state index in [2.05, 4.69) is 38.5 Å². The second kappa shape index (κ2) is 5.43. The van der Waals surface area contributed by atoms with Crippen molar-refractivity contribution in [1.29, 1.82) is 0 Å². The molecular formula is C11H17BrN2S. The molecule has 2 heterocycles. The lowest BCUT2D eigenvalue weighted by molar-refractivity contribution is 0.244. The minimum atomic E-state index is 1.14. The topological polar surface area (TPSA) is 15.3 Å². The molecule has 1 aromatic heterocycles. The molecule has 2 nitrogen and oxygen atoms in total. The van der Waals surface area contributed by atoms with Crippen LogP contribution in [0.15, 0.2) is 9.85 Å². The molecule has 84 valence electrons. The Morgan fingerprint density at radius 1 is 1.47 bits per heavy atom. The van der Waals surface area contributed by atoms with E-state index in [4.69, 9.17) is 0 Å². The fourth-order valence-corrected chi connectivity index (χ4v) is 3.50. The van der Waals surface area contributed by atoms with Crippen LogP contribution in [0.3, 0.4) is 0 Å². The minimum Gasteiger partial charge on any atom is -0.314 e. The second-order valence-electron chi connectivity index (χ2n) is 4.00. The summed E-state index contributed by atoms with van der Waals surface area (Å²) in [7, 11) is 0. The highest BCUT2D eigenvalue weighted by molar-refractivity contribution is 9.10. The molecule has 4 heteroatoms. The van der Waals surface area contributed by atoms with Crippen LogP contribution in [-0.2, 0) is 6.42 Å². The Hall–Kier alpha value is 0.100. The minimum absolute atomic E-state index is 1.14.